The fraction of sp³-hybridized carbons (Fsp3) is 0.375. The molecular formula is C24H26FN7O. The molecule has 1 aliphatic carbocycles. The maximum Gasteiger partial charge on any atom is 0.272 e. The molecule has 170 valence electrons. The Labute approximate surface area is 190 Å². The molecule has 1 aromatic carbocycles. The fourth-order valence-corrected chi connectivity index (χ4v) is 4.37. The van der Waals surface area contributed by atoms with Crippen molar-refractivity contribution in [1.82, 2.24) is 35.0 Å². The van der Waals surface area contributed by atoms with Crippen molar-refractivity contribution in [2.24, 2.45) is 0 Å². The molecule has 0 saturated heterocycles. The Morgan fingerprint density at radius 3 is 2.79 bits per heavy atom. The Balaban J connectivity index is 1.35. The molecule has 1 amide bonds. The Morgan fingerprint density at radius 2 is 2.03 bits per heavy atom. The molecule has 0 unspecified atom stereocenters. The number of H-pyrrole nitrogens is 1. The quantitative estimate of drug-likeness (QED) is 0.452. The van der Waals surface area contributed by atoms with E-state index >= 15 is 0 Å². The molecule has 2 N–H and O–H groups in total. The lowest BCUT2D eigenvalue weighted by molar-refractivity contribution is 0.0947. The highest BCUT2D eigenvalue weighted by molar-refractivity contribution is 6.02. The molecule has 0 spiro atoms. The minimum Gasteiger partial charge on any atom is -0.347 e. The zero-order valence-electron chi connectivity index (χ0n) is 18.7. The monoisotopic (exact) mass is 447 g/mol. The normalized spacial score (nSPS) is 14.4. The van der Waals surface area contributed by atoms with Gasteiger partial charge in [0.25, 0.3) is 5.91 Å². The van der Waals surface area contributed by atoms with Crippen LogP contribution < -0.4 is 5.32 Å². The van der Waals surface area contributed by atoms with Gasteiger partial charge in [0.15, 0.2) is 11.3 Å². The first-order chi connectivity index (χ1) is 16.0. The summed E-state index contributed by atoms with van der Waals surface area (Å²) in [5.74, 6) is 0.519. The first kappa shape index (κ1) is 21.2. The number of carbonyl (C=O) groups excluding carboxylic acids is 1. The lowest BCUT2D eigenvalue weighted by atomic mass is 10.1. The molecule has 4 aromatic rings. The van der Waals surface area contributed by atoms with Crippen LogP contribution in [0.2, 0.25) is 0 Å². The van der Waals surface area contributed by atoms with Crippen molar-refractivity contribution in [3.05, 3.63) is 59.8 Å². The second-order valence-corrected chi connectivity index (χ2v) is 8.86. The van der Waals surface area contributed by atoms with Crippen LogP contribution >= 0.6 is 0 Å². The first-order valence-electron chi connectivity index (χ1n) is 11.3. The highest BCUT2D eigenvalue weighted by atomic mass is 19.1. The zero-order chi connectivity index (χ0) is 22.9. The Kier molecular flexibility index (Phi) is 5.62. The Hall–Kier alpha value is -3.62. The van der Waals surface area contributed by atoms with Gasteiger partial charge >= 0.3 is 0 Å². The van der Waals surface area contributed by atoms with Crippen LogP contribution in [0, 0.1) is 5.82 Å². The average Bonchev–Trinajstić information content (AvgIpc) is 3.56. The summed E-state index contributed by atoms with van der Waals surface area (Å²) < 4.78 is 16.1. The molecule has 5 rings (SSSR count). The average molecular weight is 448 g/mol. The molecule has 1 aliphatic rings. The van der Waals surface area contributed by atoms with Crippen molar-refractivity contribution in [2.45, 2.75) is 58.0 Å². The molecule has 1 fully saturated rings. The number of nitrogens with zero attached hydrogens (tertiary/aromatic N) is 5. The van der Waals surface area contributed by atoms with E-state index in [0.29, 0.717) is 28.2 Å². The van der Waals surface area contributed by atoms with Crippen molar-refractivity contribution in [1.29, 1.82) is 0 Å². The first-order valence-corrected chi connectivity index (χ1v) is 11.3. The van der Waals surface area contributed by atoms with E-state index in [2.05, 4.69) is 30.4 Å². The van der Waals surface area contributed by atoms with Crippen LogP contribution in [-0.4, -0.2) is 35.6 Å². The second kappa shape index (κ2) is 8.73. The van der Waals surface area contributed by atoms with Gasteiger partial charge in [0.05, 0.1) is 6.20 Å². The third kappa shape index (κ3) is 4.35. The van der Waals surface area contributed by atoms with Gasteiger partial charge in [-0.3, -0.25) is 9.48 Å². The van der Waals surface area contributed by atoms with Crippen LogP contribution in [-0.2, 0) is 6.54 Å². The van der Waals surface area contributed by atoms with E-state index in [4.69, 9.17) is 0 Å². The number of fused-ring (bicyclic) bond motifs is 1. The fourth-order valence-electron chi connectivity index (χ4n) is 4.37. The number of halogens is 1. The van der Waals surface area contributed by atoms with Crippen molar-refractivity contribution >= 4 is 17.1 Å². The lowest BCUT2D eigenvalue weighted by Crippen LogP contribution is -2.24. The molecular weight excluding hydrogens is 421 g/mol. The van der Waals surface area contributed by atoms with E-state index < -0.39 is 0 Å². The SMILES string of the molecule is CC(C)n1cc(-c2cc(F)cc(CNC(=O)c3ncnc4nc(C5CCCC5)[nH]c34)c2)cn1. The summed E-state index contributed by atoms with van der Waals surface area (Å²) >= 11 is 0. The van der Waals surface area contributed by atoms with Gasteiger partial charge in [-0.25, -0.2) is 19.3 Å². The van der Waals surface area contributed by atoms with E-state index in [0.717, 1.165) is 24.2 Å². The summed E-state index contributed by atoms with van der Waals surface area (Å²) in [6, 6.07) is 4.96. The number of hydrogen-bond acceptors (Lipinski definition) is 5. The standard InChI is InChI=1S/C24H26FN7O/c1-14(2)32-12-18(11-29-32)17-7-15(8-19(25)9-17)10-26-24(33)21-20-23(28-13-27-21)31-22(30-20)16-5-3-4-6-16/h7-9,11-14,16H,3-6,10H2,1-2H3,(H,26,33)(H,27,28,30,31). The molecule has 9 heteroatoms. The van der Waals surface area contributed by atoms with Crippen molar-refractivity contribution in [3.63, 3.8) is 0 Å². The van der Waals surface area contributed by atoms with Crippen molar-refractivity contribution < 1.29 is 9.18 Å². The van der Waals surface area contributed by atoms with Gasteiger partial charge < -0.3 is 10.3 Å². The number of imidazole rings is 1. The minimum atomic E-state index is -0.367. The molecule has 1 saturated carbocycles. The van der Waals surface area contributed by atoms with Gasteiger partial charge in [0.1, 0.15) is 23.5 Å². The van der Waals surface area contributed by atoms with Gasteiger partial charge in [-0.2, -0.15) is 5.10 Å². The predicted molar refractivity (Wildman–Crippen MR) is 122 cm³/mol. The summed E-state index contributed by atoms with van der Waals surface area (Å²) in [4.78, 5) is 29.2. The number of carbonyl (C=O) groups is 1. The third-order valence-corrected chi connectivity index (χ3v) is 6.14. The maximum absolute atomic E-state index is 14.3. The summed E-state index contributed by atoms with van der Waals surface area (Å²) in [5, 5.41) is 7.18. The number of benzene rings is 1. The highest BCUT2D eigenvalue weighted by Gasteiger charge is 2.23. The van der Waals surface area contributed by atoms with E-state index in [1.165, 1.54) is 31.3 Å². The number of aromatic amines is 1. The number of aromatic nitrogens is 6. The summed E-state index contributed by atoms with van der Waals surface area (Å²) in [7, 11) is 0. The highest BCUT2D eigenvalue weighted by Crippen LogP contribution is 2.33. The predicted octanol–water partition coefficient (Wildman–Crippen LogP) is 4.52. The number of hydrogen-bond donors (Lipinski definition) is 2. The molecule has 0 atom stereocenters. The van der Waals surface area contributed by atoms with Crippen LogP contribution in [0.4, 0.5) is 4.39 Å². The van der Waals surface area contributed by atoms with Crippen molar-refractivity contribution in [3.8, 4) is 11.1 Å². The topological polar surface area (TPSA) is 101 Å². The van der Waals surface area contributed by atoms with Gasteiger partial charge in [0.2, 0.25) is 0 Å². The van der Waals surface area contributed by atoms with Crippen LogP contribution in [0.3, 0.4) is 0 Å². The van der Waals surface area contributed by atoms with Crippen LogP contribution in [0.5, 0.6) is 0 Å². The number of amides is 1. The largest absolute Gasteiger partial charge is 0.347 e. The molecule has 0 bridgehead atoms. The molecule has 0 radical (unpaired) electrons. The van der Waals surface area contributed by atoms with Gasteiger partial charge in [-0.1, -0.05) is 12.8 Å². The van der Waals surface area contributed by atoms with Crippen LogP contribution in [0.1, 0.15) is 73.4 Å². The lowest BCUT2D eigenvalue weighted by Gasteiger charge is -2.08. The van der Waals surface area contributed by atoms with Crippen molar-refractivity contribution in [2.75, 3.05) is 0 Å². The van der Waals surface area contributed by atoms with E-state index in [-0.39, 0.29) is 30.0 Å². The van der Waals surface area contributed by atoms with Gasteiger partial charge in [0, 0.05) is 30.3 Å². The van der Waals surface area contributed by atoms with E-state index in [1.807, 2.05) is 30.8 Å². The van der Waals surface area contributed by atoms with E-state index in [9.17, 15) is 9.18 Å². The maximum atomic E-state index is 14.3. The zero-order valence-corrected chi connectivity index (χ0v) is 18.7. The third-order valence-electron chi connectivity index (χ3n) is 6.14. The molecule has 3 aromatic heterocycles. The number of rotatable bonds is 6. The molecule has 8 nitrogen and oxygen atoms in total. The number of nitrogens with one attached hydrogen (secondary N) is 2. The molecule has 0 aliphatic heterocycles. The summed E-state index contributed by atoms with van der Waals surface area (Å²) in [6.07, 6.45) is 9.51. The van der Waals surface area contributed by atoms with E-state index in [1.54, 1.807) is 6.20 Å². The van der Waals surface area contributed by atoms with Crippen LogP contribution in [0.25, 0.3) is 22.3 Å². The Bertz CT molecular complexity index is 1300. The Morgan fingerprint density at radius 1 is 1.21 bits per heavy atom. The summed E-state index contributed by atoms with van der Waals surface area (Å²) in [6.45, 7) is 4.23. The molecule has 33 heavy (non-hydrogen) atoms. The summed E-state index contributed by atoms with van der Waals surface area (Å²) in [5.41, 5.74) is 3.46. The second-order valence-electron chi connectivity index (χ2n) is 8.86. The smallest absolute Gasteiger partial charge is 0.272 e. The van der Waals surface area contributed by atoms with Crippen LogP contribution in [0.15, 0.2) is 36.9 Å². The van der Waals surface area contributed by atoms with Gasteiger partial charge in [-0.05, 0) is 56.0 Å². The molecule has 3 heterocycles. The minimum absolute atomic E-state index is 0.164. The van der Waals surface area contributed by atoms with Gasteiger partial charge in [-0.15, -0.1) is 0 Å².